The molecule has 94 valence electrons. The summed E-state index contributed by atoms with van der Waals surface area (Å²) < 4.78 is 13.3. The first kappa shape index (κ1) is 11.3. The van der Waals surface area contributed by atoms with Crippen molar-refractivity contribution in [3.63, 3.8) is 0 Å². The van der Waals surface area contributed by atoms with Crippen molar-refractivity contribution in [1.29, 1.82) is 0 Å². The van der Waals surface area contributed by atoms with Gasteiger partial charge in [-0.3, -0.25) is 10.1 Å². The maximum atomic E-state index is 13.3. The minimum Gasteiger partial charge on any atom is -0.410 e. The Balaban J connectivity index is 2.30. The van der Waals surface area contributed by atoms with Crippen LogP contribution in [0.5, 0.6) is 0 Å². The predicted octanol–water partition coefficient (Wildman–Crippen LogP) is 2.94. The van der Waals surface area contributed by atoms with Gasteiger partial charge in [-0.15, -0.1) is 0 Å². The Bertz CT molecular complexity index is 741. The molecule has 2 aromatic carbocycles. The molecule has 3 rings (SSSR count). The molecule has 0 saturated carbocycles. The Morgan fingerprint density at radius 1 is 1.05 bits per heavy atom. The molecule has 0 atom stereocenters. The first-order valence-electron chi connectivity index (χ1n) is 5.43. The first-order valence-corrected chi connectivity index (χ1v) is 5.43. The minimum atomic E-state index is -0.529. The van der Waals surface area contributed by atoms with Crippen LogP contribution >= 0.6 is 0 Å². The number of hydrogen-bond acceptors (Lipinski definition) is 4. The second-order valence-corrected chi connectivity index (χ2v) is 4.13. The Morgan fingerprint density at radius 3 is 2.32 bits per heavy atom. The van der Waals surface area contributed by atoms with E-state index in [4.69, 9.17) is 5.21 Å². The molecule has 0 saturated heterocycles. The van der Waals surface area contributed by atoms with Gasteiger partial charge in [0, 0.05) is 23.3 Å². The summed E-state index contributed by atoms with van der Waals surface area (Å²) in [5, 5.41) is 23.0. The van der Waals surface area contributed by atoms with Gasteiger partial charge in [-0.2, -0.15) is 0 Å². The fraction of sp³-hybridized carbons (Fsp3) is 0. The van der Waals surface area contributed by atoms with E-state index in [1.165, 1.54) is 24.3 Å². The molecule has 0 bridgehead atoms. The lowest BCUT2D eigenvalue weighted by molar-refractivity contribution is -0.384. The number of hydrogen-bond donors (Lipinski definition) is 1. The molecule has 19 heavy (non-hydrogen) atoms. The van der Waals surface area contributed by atoms with E-state index in [1.807, 2.05) is 0 Å². The molecular formula is C13H7FN2O3. The van der Waals surface area contributed by atoms with Crippen molar-refractivity contribution in [2.24, 2.45) is 5.16 Å². The average molecular weight is 258 g/mol. The lowest BCUT2D eigenvalue weighted by Crippen LogP contribution is -1.99. The van der Waals surface area contributed by atoms with E-state index in [0.717, 1.165) is 0 Å². The number of nitro groups is 1. The van der Waals surface area contributed by atoms with Crippen LogP contribution < -0.4 is 0 Å². The van der Waals surface area contributed by atoms with Gasteiger partial charge in [0.25, 0.3) is 5.69 Å². The number of rotatable bonds is 1. The van der Waals surface area contributed by atoms with Crippen molar-refractivity contribution >= 4 is 11.4 Å². The molecule has 0 unspecified atom stereocenters. The van der Waals surface area contributed by atoms with Crippen molar-refractivity contribution in [2.75, 3.05) is 0 Å². The van der Waals surface area contributed by atoms with E-state index >= 15 is 0 Å². The predicted molar refractivity (Wildman–Crippen MR) is 65.9 cm³/mol. The summed E-state index contributed by atoms with van der Waals surface area (Å²) in [7, 11) is 0. The second-order valence-electron chi connectivity index (χ2n) is 4.13. The number of benzene rings is 2. The summed E-state index contributed by atoms with van der Waals surface area (Å²) in [4.78, 5) is 10.2. The smallest absolute Gasteiger partial charge is 0.270 e. The largest absolute Gasteiger partial charge is 0.410 e. The molecule has 0 heterocycles. The number of oxime groups is 1. The highest BCUT2D eigenvalue weighted by Gasteiger charge is 2.27. The zero-order valence-corrected chi connectivity index (χ0v) is 9.50. The average Bonchev–Trinajstić information content (AvgIpc) is 2.70. The van der Waals surface area contributed by atoms with Gasteiger partial charge in [-0.1, -0.05) is 11.2 Å². The summed E-state index contributed by atoms with van der Waals surface area (Å²) >= 11 is 0. The summed E-state index contributed by atoms with van der Waals surface area (Å²) in [6.07, 6.45) is 0. The molecule has 0 spiro atoms. The van der Waals surface area contributed by atoms with E-state index in [1.54, 1.807) is 12.1 Å². The molecule has 0 amide bonds. The summed E-state index contributed by atoms with van der Waals surface area (Å²) in [6, 6.07) is 8.37. The van der Waals surface area contributed by atoms with E-state index in [9.17, 15) is 14.5 Å². The molecule has 2 aromatic rings. The number of halogens is 1. The van der Waals surface area contributed by atoms with Gasteiger partial charge in [0.05, 0.1) is 4.92 Å². The fourth-order valence-corrected chi connectivity index (χ4v) is 2.28. The Labute approximate surface area is 106 Å². The summed E-state index contributed by atoms with van der Waals surface area (Å²) in [5.74, 6) is -0.456. The standard InChI is InChI=1S/C13H7FN2O3/c14-7-1-3-9-10-4-2-8(16(18)19)6-12(10)13(15-17)11(9)5-7/h1-6,17H. The molecule has 1 aliphatic carbocycles. The highest BCUT2D eigenvalue weighted by Crippen LogP contribution is 2.38. The minimum absolute atomic E-state index is 0.104. The molecule has 0 radical (unpaired) electrons. The van der Waals surface area contributed by atoms with Gasteiger partial charge in [0.1, 0.15) is 11.5 Å². The van der Waals surface area contributed by atoms with Crippen LogP contribution in [-0.4, -0.2) is 15.8 Å². The molecular weight excluding hydrogens is 251 g/mol. The molecule has 1 aliphatic rings. The van der Waals surface area contributed by atoms with Crippen LogP contribution in [0.4, 0.5) is 10.1 Å². The lowest BCUT2D eigenvalue weighted by atomic mass is 10.1. The first-order chi connectivity index (χ1) is 9.11. The van der Waals surface area contributed by atoms with Crippen LogP contribution in [0.15, 0.2) is 41.6 Å². The third-order valence-corrected chi connectivity index (χ3v) is 3.10. The molecule has 0 fully saturated rings. The van der Waals surface area contributed by atoms with Crippen molar-refractivity contribution < 1.29 is 14.5 Å². The van der Waals surface area contributed by atoms with Crippen LogP contribution in [0.1, 0.15) is 11.1 Å². The SMILES string of the molecule is O=[N+]([O-])c1ccc2c(c1)C(=NO)c1cc(F)ccc1-2. The monoisotopic (exact) mass is 258 g/mol. The number of non-ortho nitro benzene ring substituents is 1. The van der Waals surface area contributed by atoms with Crippen LogP contribution in [-0.2, 0) is 0 Å². The second kappa shape index (κ2) is 3.88. The topological polar surface area (TPSA) is 75.7 Å². The van der Waals surface area contributed by atoms with Crippen LogP contribution in [0, 0.1) is 15.9 Å². The van der Waals surface area contributed by atoms with Crippen molar-refractivity contribution in [2.45, 2.75) is 0 Å². The molecule has 6 heteroatoms. The van der Waals surface area contributed by atoms with Gasteiger partial charge in [0.2, 0.25) is 0 Å². The third-order valence-electron chi connectivity index (χ3n) is 3.10. The van der Waals surface area contributed by atoms with E-state index in [-0.39, 0.29) is 11.4 Å². The van der Waals surface area contributed by atoms with Crippen LogP contribution in [0.2, 0.25) is 0 Å². The van der Waals surface area contributed by atoms with E-state index in [0.29, 0.717) is 22.3 Å². The van der Waals surface area contributed by atoms with Gasteiger partial charge in [-0.05, 0) is 29.3 Å². The van der Waals surface area contributed by atoms with Gasteiger partial charge in [-0.25, -0.2) is 4.39 Å². The van der Waals surface area contributed by atoms with Crippen LogP contribution in [0.25, 0.3) is 11.1 Å². The summed E-state index contributed by atoms with van der Waals surface area (Å²) in [5.41, 5.74) is 2.28. The number of nitrogens with zero attached hydrogens (tertiary/aromatic N) is 2. The van der Waals surface area contributed by atoms with Gasteiger partial charge >= 0.3 is 0 Å². The van der Waals surface area contributed by atoms with Gasteiger partial charge in [0.15, 0.2) is 0 Å². The van der Waals surface area contributed by atoms with Gasteiger partial charge < -0.3 is 5.21 Å². The normalized spacial score (nSPS) is 14.3. The highest BCUT2D eigenvalue weighted by molar-refractivity contribution is 6.24. The Hall–Kier alpha value is -2.76. The van der Waals surface area contributed by atoms with Crippen LogP contribution in [0.3, 0.4) is 0 Å². The van der Waals surface area contributed by atoms with E-state index in [2.05, 4.69) is 5.16 Å². The molecule has 5 nitrogen and oxygen atoms in total. The third kappa shape index (κ3) is 1.57. The Morgan fingerprint density at radius 2 is 1.68 bits per heavy atom. The maximum absolute atomic E-state index is 13.3. The maximum Gasteiger partial charge on any atom is 0.270 e. The molecule has 0 aliphatic heterocycles. The fourth-order valence-electron chi connectivity index (χ4n) is 2.28. The molecule has 1 N–H and O–H groups in total. The van der Waals surface area contributed by atoms with E-state index < -0.39 is 10.7 Å². The zero-order valence-electron chi connectivity index (χ0n) is 9.50. The number of nitro benzene ring substituents is 1. The quantitative estimate of drug-likeness (QED) is 0.414. The number of fused-ring (bicyclic) bond motifs is 3. The van der Waals surface area contributed by atoms with Crippen molar-refractivity contribution in [3.05, 3.63) is 63.5 Å². The lowest BCUT2D eigenvalue weighted by Gasteiger charge is -1.99. The summed E-state index contributed by atoms with van der Waals surface area (Å²) in [6.45, 7) is 0. The highest BCUT2D eigenvalue weighted by atomic mass is 19.1. The van der Waals surface area contributed by atoms with Crippen molar-refractivity contribution in [3.8, 4) is 11.1 Å². The van der Waals surface area contributed by atoms with Crippen molar-refractivity contribution in [1.82, 2.24) is 0 Å². The Kier molecular flexibility index (Phi) is 2.31. The molecule has 0 aromatic heterocycles. The zero-order chi connectivity index (χ0) is 13.6.